The Morgan fingerprint density at radius 2 is 1.83 bits per heavy atom. The number of hydrogen-bond acceptors (Lipinski definition) is 6. The molecule has 0 saturated heterocycles. The highest BCUT2D eigenvalue weighted by atomic mass is 16.5. The van der Waals surface area contributed by atoms with Crippen LogP contribution in [-0.2, 0) is 10.2 Å². The Balaban J connectivity index is 2.21. The Kier molecular flexibility index (Phi) is 3.92. The molecule has 0 aromatic carbocycles. The number of hydrogen-bond donors (Lipinski definition) is 1. The maximum absolute atomic E-state index is 6.25. The summed E-state index contributed by atoms with van der Waals surface area (Å²) < 4.78 is 5.33. The van der Waals surface area contributed by atoms with Crippen LogP contribution in [0.25, 0.3) is 22.3 Å². The lowest BCUT2D eigenvalue weighted by Gasteiger charge is -2.25. The second-order valence-electron chi connectivity index (χ2n) is 6.07. The average molecular weight is 309 g/mol. The van der Waals surface area contributed by atoms with Gasteiger partial charge in [0.05, 0.1) is 18.3 Å². The second-order valence-corrected chi connectivity index (χ2v) is 6.07. The van der Waals surface area contributed by atoms with E-state index in [1.165, 1.54) is 0 Å². The Morgan fingerprint density at radius 3 is 2.52 bits per heavy atom. The minimum atomic E-state index is -0.239. The lowest BCUT2D eigenvalue weighted by atomic mass is 9.84. The average Bonchev–Trinajstić information content (AvgIpc) is 2.55. The topological polar surface area (TPSA) is 86.8 Å². The molecule has 2 N–H and O–H groups in total. The summed E-state index contributed by atoms with van der Waals surface area (Å²) in [5.74, 6) is 1.02. The Labute approximate surface area is 134 Å². The van der Waals surface area contributed by atoms with Crippen molar-refractivity contribution in [2.45, 2.75) is 19.3 Å². The molecule has 0 radical (unpaired) electrons. The first-order chi connectivity index (χ1) is 11.0. The molecule has 0 aliphatic rings. The predicted molar refractivity (Wildman–Crippen MR) is 89.9 cm³/mol. The van der Waals surface area contributed by atoms with Gasteiger partial charge in [-0.2, -0.15) is 0 Å². The summed E-state index contributed by atoms with van der Waals surface area (Å²) in [5.41, 5.74) is 8.59. The number of rotatable bonds is 4. The van der Waals surface area contributed by atoms with Crippen molar-refractivity contribution in [2.75, 3.05) is 19.5 Å². The number of ether oxygens (including phenoxy) is 1. The number of pyridine rings is 2. The number of fused-ring (bicyclic) bond motifs is 1. The van der Waals surface area contributed by atoms with E-state index in [0.29, 0.717) is 18.2 Å². The van der Waals surface area contributed by atoms with E-state index in [1.54, 1.807) is 25.7 Å². The van der Waals surface area contributed by atoms with Gasteiger partial charge in [-0.05, 0) is 17.7 Å². The van der Waals surface area contributed by atoms with Crippen LogP contribution in [0.15, 0.2) is 36.9 Å². The van der Waals surface area contributed by atoms with Crippen molar-refractivity contribution in [2.24, 2.45) is 0 Å². The lowest BCUT2D eigenvalue weighted by molar-refractivity contribution is 0.147. The van der Waals surface area contributed by atoms with Crippen LogP contribution in [0.2, 0.25) is 0 Å². The van der Waals surface area contributed by atoms with Gasteiger partial charge in [0.1, 0.15) is 5.82 Å². The number of nitrogens with two attached hydrogens (primary N) is 1. The molecule has 0 saturated carbocycles. The summed E-state index contributed by atoms with van der Waals surface area (Å²) >= 11 is 0. The van der Waals surface area contributed by atoms with Crippen molar-refractivity contribution in [1.82, 2.24) is 19.9 Å². The van der Waals surface area contributed by atoms with Gasteiger partial charge in [0.15, 0.2) is 5.82 Å². The van der Waals surface area contributed by atoms with E-state index < -0.39 is 0 Å². The molecule has 3 aromatic heterocycles. The summed E-state index contributed by atoms with van der Waals surface area (Å²) in [6.45, 7) is 4.73. The Bertz CT molecular complexity index is 833. The third kappa shape index (κ3) is 2.85. The lowest BCUT2D eigenvalue weighted by Crippen LogP contribution is -2.24. The first-order valence-electron chi connectivity index (χ1n) is 7.34. The Morgan fingerprint density at radius 1 is 1.09 bits per heavy atom. The SMILES string of the molecule is COCC(C)(C)c1cncc2nc(-c3ccncc3)nc(N)c12. The molecule has 0 bridgehead atoms. The van der Waals surface area contributed by atoms with E-state index in [1.807, 2.05) is 18.3 Å². The summed E-state index contributed by atoms with van der Waals surface area (Å²) in [7, 11) is 1.68. The monoisotopic (exact) mass is 309 g/mol. The number of methoxy groups -OCH3 is 1. The van der Waals surface area contributed by atoms with Gasteiger partial charge >= 0.3 is 0 Å². The summed E-state index contributed by atoms with van der Waals surface area (Å²) in [6.07, 6.45) is 6.93. The summed E-state index contributed by atoms with van der Waals surface area (Å²) in [6, 6.07) is 3.71. The molecule has 23 heavy (non-hydrogen) atoms. The number of aromatic nitrogens is 4. The largest absolute Gasteiger partial charge is 0.384 e. The van der Waals surface area contributed by atoms with Crippen LogP contribution < -0.4 is 5.73 Å². The fourth-order valence-electron chi connectivity index (χ4n) is 2.69. The third-order valence-corrected chi connectivity index (χ3v) is 3.81. The molecule has 0 fully saturated rings. The van der Waals surface area contributed by atoms with Crippen LogP contribution in [-0.4, -0.2) is 33.7 Å². The molecule has 6 nitrogen and oxygen atoms in total. The number of nitrogen functional groups attached to an aromatic ring is 1. The highest BCUT2D eigenvalue weighted by Gasteiger charge is 2.25. The summed E-state index contributed by atoms with van der Waals surface area (Å²) in [5, 5.41) is 0.833. The van der Waals surface area contributed by atoms with Crippen molar-refractivity contribution in [3.05, 3.63) is 42.5 Å². The molecule has 6 heteroatoms. The van der Waals surface area contributed by atoms with E-state index in [-0.39, 0.29) is 5.41 Å². The molecule has 3 aromatic rings. The van der Waals surface area contributed by atoms with Gasteiger partial charge in [-0.25, -0.2) is 9.97 Å². The first-order valence-corrected chi connectivity index (χ1v) is 7.34. The van der Waals surface area contributed by atoms with Crippen molar-refractivity contribution >= 4 is 16.7 Å². The van der Waals surface area contributed by atoms with Gasteiger partial charge in [-0.1, -0.05) is 13.8 Å². The second kappa shape index (κ2) is 5.89. The minimum absolute atomic E-state index is 0.239. The van der Waals surface area contributed by atoms with Crippen molar-refractivity contribution in [3.63, 3.8) is 0 Å². The van der Waals surface area contributed by atoms with E-state index >= 15 is 0 Å². The highest BCUT2D eigenvalue weighted by Crippen LogP contribution is 2.33. The molecular weight excluding hydrogens is 290 g/mol. The fourth-order valence-corrected chi connectivity index (χ4v) is 2.69. The van der Waals surface area contributed by atoms with Crippen molar-refractivity contribution in [3.8, 4) is 11.4 Å². The zero-order valence-corrected chi connectivity index (χ0v) is 13.4. The minimum Gasteiger partial charge on any atom is -0.384 e. The van der Waals surface area contributed by atoms with Crippen LogP contribution in [0.5, 0.6) is 0 Å². The highest BCUT2D eigenvalue weighted by molar-refractivity contribution is 5.92. The zero-order valence-electron chi connectivity index (χ0n) is 13.4. The van der Waals surface area contributed by atoms with E-state index in [4.69, 9.17) is 10.5 Å². The molecule has 0 amide bonds. The standard InChI is InChI=1S/C17H19N5O/c1-17(2,10-23-3)12-8-20-9-13-14(12)15(18)22-16(21-13)11-4-6-19-7-5-11/h4-9H,10H2,1-3H3,(H2,18,21,22). The van der Waals surface area contributed by atoms with Gasteiger partial charge in [0.2, 0.25) is 0 Å². The molecule has 0 spiro atoms. The third-order valence-electron chi connectivity index (χ3n) is 3.81. The normalized spacial score (nSPS) is 11.8. The fraction of sp³-hybridized carbons (Fsp3) is 0.294. The zero-order chi connectivity index (χ0) is 16.4. The van der Waals surface area contributed by atoms with Crippen LogP contribution in [0.3, 0.4) is 0 Å². The van der Waals surface area contributed by atoms with Gasteiger partial charge in [-0.15, -0.1) is 0 Å². The van der Waals surface area contributed by atoms with Gasteiger partial charge in [0, 0.05) is 42.1 Å². The molecule has 0 unspecified atom stereocenters. The predicted octanol–water partition coefficient (Wildman–Crippen LogP) is 2.59. The quantitative estimate of drug-likeness (QED) is 0.797. The van der Waals surface area contributed by atoms with Gasteiger partial charge in [0.25, 0.3) is 0 Å². The first kappa shape index (κ1) is 15.3. The summed E-state index contributed by atoms with van der Waals surface area (Å²) in [4.78, 5) is 17.4. The molecule has 0 aliphatic carbocycles. The van der Waals surface area contributed by atoms with Crippen molar-refractivity contribution in [1.29, 1.82) is 0 Å². The van der Waals surface area contributed by atoms with Gasteiger partial charge < -0.3 is 10.5 Å². The van der Waals surface area contributed by atoms with Gasteiger partial charge in [-0.3, -0.25) is 9.97 Å². The maximum atomic E-state index is 6.25. The number of anilines is 1. The van der Waals surface area contributed by atoms with E-state index in [2.05, 4.69) is 33.8 Å². The smallest absolute Gasteiger partial charge is 0.162 e. The van der Waals surface area contributed by atoms with Crippen LogP contribution in [0.4, 0.5) is 5.82 Å². The molecule has 0 atom stereocenters. The molecule has 3 heterocycles. The number of nitrogens with zero attached hydrogens (tertiary/aromatic N) is 4. The van der Waals surface area contributed by atoms with Crippen LogP contribution in [0.1, 0.15) is 19.4 Å². The van der Waals surface area contributed by atoms with Crippen LogP contribution in [0, 0.1) is 0 Å². The Hall–Kier alpha value is -2.60. The molecular formula is C17H19N5O. The molecule has 118 valence electrons. The molecule has 0 aliphatic heterocycles. The maximum Gasteiger partial charge on any atom is 0.162 e. The van der Waals surface area contributed by atoms with Crippen molar-refractivity contribution < 1.29 is 4.74 Å². The molecule has 3 rings (SSSR count). The van der Waals surface area contributed by atoms with E-state index in [0.717, 1.165) is 22.0 Å². The van der Waals surface area contributed by atoms with E-state index in [9.17, 15) is 0 Å². The van der Waals surface area contributed by atoms with Crippen LogP contribution >= 0.6 is 0 Å².